The van der Waals surface area contributed by atoms with Crippen LogP contribution in [-0.4, -0.2) is 17.3 Å². The first kappa shape index (κ1) is 13.5. The molecule has 98 valence electrons. The zero-order valence-corrected chi connectivity index (χ0v) is 11.7. The summed E-state index contributed by atoms with van der Waals surface area (Å²) in [5.41, 5.74) is 0.458. The van der Waals surface area contributed by atoms with Gasteiger partial charge in [0.2, 0.25) is 5.91 Å². The van der Waals surface area contributed by atoms with E-state index in [4.69, 9.17) is 0 Å². The summed E-state index contributed by atoms with van der Waals surface area (Å²) in [4.78, 5) is 12.3. The van der Waals surface area contributed by atoms with E-state index in [1.54, 1.807) is 18.2 Å². The van der Waals surface area contributed by atoms with Crippen LogP contribution in [0.4, 0.5) is 4.39 Å². The molecule has 0 saturated heterocycles. The Morgan fingerprint density at radius 2 is 2.17 bits per heavy atom. The average molecular weight is 314 g/mol. The summed E-state index contributed by atoms with van der Waals surface area (Å²) in [6.45, 7) is 0.704. The molecule has 1 aliphatic carbocycles. The summed E-state index contributed by atoms with van der Waals surface area (Å²) in [5, 5.41) is 2.89. The van der Waals surface area contributed by atoms with Crippen molar-refractivity contribution in [3.05, 3.63) is 35.6 Å². The molecule has 0 heterocycles. The molecule has 1 aliphatic rings. The monoisotopic (exact) mass is 313 g/mol. The number of alkyl halides is 1. The van der Waals surface area contributed by atoms with Gasteiger partial charge in [-0.3, -0.25) is 4.79 Å². The molecule has 0 aliphatic heterocycles. The minimum atomic E-state index is -0.311. The Balaban J connectivity index is 1.77. The molecule has 1 saturated carbocycles. The van der Waals surface area contributed by atoms with Gasteiger partial charge < -0.3 is 5.32 Å². The van der Waals surface area contributed by atoms with Crippen LogP contribution in [0.25, 0.3) is 0 Å². The smallest absolute Gasteiger partial charge is 0.224 e. The van der Waals surface area contributed by atoms with Crippen molar-refractivity contribution in [2.45, 2.75) is 30.5 Å². The van der Waals surface area contributed by atoms with E-state index in [2.05, 4.69) is 21.2 Å². The Bertz CT molecular complexity index is 424. The third kappa shape index (κ3) is 3.80. The number of rotatable bonds is 4. The number of benzene rings is 1. The molecule has 1 amide bonds. The van der Waals surface area contributed by atoms with E-state index in [1.165, 1.54) is 12.5 Å². The fourth-order valence-electron chi connectivity index (χ4n) is 2.33. The summed E-state index contributed by atoms with van der Waals surface area (Å²) in [6, 6.07) is 6.41. The Labute approximate surface area is 115 Å². The first-order valence-corrected chi connectivity index (χ1v) is 7.21. The summed E-state index contributed by atoms with van der Waals surface area (Å²) < 4.78 is 13.4. The molecule has 1 fully saturated rings. The lowest BCUT2D eigenvalue weighted by Crippen LogP contribution is -2.30. The molecule has 0 spiro atoms. The van der Waals surface area contributed by atoms with Gasteiger partial charge in [-0.15, -0.1) is 0 Å². The highest BCUT2D eigenvalue weighted by Crippen LogP contribution is 2.29. The summed E-state index contributed by atoms with van der Waals surface area (Å²) in [5.74, 6) is 0.145. The number of amides is 1. The highest BCUT2D eigenvalue weighted by molar-refractivity contribution is 9.09. The third-order valence-corrected chi connectivity index (χ3v) is 4.21. The van der Waals surface area contributed by atoms with Crippen molar-refractivity contribution in [2.75, 3.05) is 6.54 Å². The molecule has 1 aromatic carbocycles. The van der Waals surface area contributed by atoms with Gasteiger partial charge in [-0.25, -0.2) is 4.39 Å². The summed E-state index contributed by atoms with van der Waals surface area (Å²) in [7, 11) is 0. The van der Waals surface area contributed by atoms with Crippen LogP contribution < -0.4 is 5.32 Å². The summed E-state index contributed by atoms with van der Waals surface area (Å²) in [6.07, 6.45) is 3.56. The van der Waals surface area contributed by atoms with Crippen LogP contribution in [0.3, 0.4) is 0 Å². The molecular weight excluding hydrogens is 297 g/mol. The van der Waals surface area contributed by atoms with Gasteiger partial charge in [0.15, 0.2) is 0 Å². The molecule has 2 unspecified atom stereocenters. The Morgan fingerprint density at radius 3 is 2.83 bits per heavy atom. The number of carbonyl (C=O) groups excluding carboxylic acids is 1. The quantitative estimate of drug-likeness (QED) is 0.851. The van der Waals surface area contributed by atoms with Crippen LogP contribution in [-0.2, 0) is 11.2 Å². The molecular formula is C14H17BrFNO. The van der Waals surface area contributed by atoms with Gasteiger partial charge in [0.1, 0.15) is 5.82 Å². The van der Waals surface area contributed by atoms with E-state index < -0.39 is 0 Å². The molecule has 18 heavy (non-hydrogen) atoms. The minimum absolute atomic E-state index is 0.0990. The van der Waals surface area contributed by atoms with Gasteiger partial charge >= 0.3 is 0 Å². The molecule has 0 bridgehead atoms. The second-order valence-electron chi connectivity index (χ2n) is 4.85. The maximum absolute atomic E-state index is 13.4. The topological polar surface area (TPSA) is 29.1 Å². The highest BCUT2D eigenvalue weighted by Gasteiger charge is 2.22. The van der Waals surface area contributed by atoms with Crippen molar-refractivity contribution in [3.8, 4) is 0 Å². The zero-order valence-electron chi connectivity index (χ0n) is 10.2. The van der Waals surface area contributed by atoms with Crippen LogP contribution >= 0.6 is 15.9 Å². The van der Waals surface area contributed by atoms with Crippen LogP contribution in [0.1, 0.15) is 24.8 Å². The fourth-order valence-corrected chi connectivity index (χ4v) is 3.13. The maximum atomic E-state index is 13.4. The van der Waals surface area contributed by atoms with Gasteiger partial charge in [-0.2, -0.15) is 0 Å². The molecule has 2 nitrogen and oxygen atoms in total. The van der Waals surface area contributed by atoms with Gasteiger partial charge in [0.25, 0.3) is 0 Å². The van der Waals surface area contributed by atoms with E-state index >= 15 is 0 Å². The Morgan fingerprint density at radius 1 is 1.39 bits per heavy atom. The maximum Gasteiger partial charge on any atom is 0.224 e. The fraction of sp³-hybridized carbons (Fsp3) is 0.500. The molecule has 0 aromatic heterocycles. The first-order chi connectivity index (χ1) is 8.65. The van der Waals surface area contributed by atoms with Crippen LogP contribution in [0.2, 0.25) is 0 Å². The Hall–Kier alpha value is -0.900. The van der Waals surface area contributed by atoms with E-state index in [-0.39, 0.29) is 18.1 Å². The lowest BCUT2D eigenvalue weighted by Gasteiger charge is -2.11. The zero-order chi connectivity index (χ0) is 13.0. The molecule has 2 atom stereocenters. The number of carbonyl (C=O) groups is 1. The number of halogens is 2. The van der Waals surface area contributed by atoms with Gasteiger partial charge in [-0.05, 0) is 36.8 Å². The second-order valence-corrected chi connectivity index (χ2v) is 6.14. The predicted molar refractivity (Wildman–Crippen MR) is 73.2 cm³/mol. The van der Waals surface area contributed by atoms with E-state index in [1.807, 2.05) is 0 Å². The molecule has 0 radical (unpaired) electrons. The van der Waals surface area contributed by atoms with Crippen LogP contribution in [0.5, 0.6) is 0 Å². The van der Waals surface area contributed by atoms with E-state index in [0.29, 0.717) is 22.9 Å². The molecule has 4 heteroatoms. The van der Waals surface area contributed by atoms with Crippen molar-refractivity contribution < 1.29 is 9.18 Å². The number of hydrogen-bond donors (Lipinski definition) is 1. The van der Waals surface area contributed by atoms with Crippen LogP contribution in [0, 0.1) is 11.7 Å². The van der Waals surface area contributed by atoms with Crippen molar-refractivity contribution in [2.24, 2.45) is 5.92 Å². The van der Waals surface area contributed by atoms with E-state index in [0.717, 1.165) is 12.8 Å². The first-order valence-electron chi connectivity index (χ1n) is 6.29. The lowest BCUT2D eigenvalue weighted by molar-refractivity contribution is -0.120. The van der Waals surface area contributed by atoms with Gasteiger partial charge in [0, 0.05) is 11.4 Å². The Kier molecular flexibility index (Phi) is 4.75. The predicted octanol–water partition coefficient (Wildman–Crippen LogP) is 3.05. The summed E-state index contributed by atoms with van der Waals surface area (Å²) >= 11 is 3.59. The lowest BCUT2D eigenvalue weighted by atomic mass is 10.1. The van der Waals surface area contributed by atoms with Crippen molar-refractivity contribution in [1.82, 2.24) is 5.32 Å². The second kappa shape index (κ2) is 6.32. The highest BCUT2D eigenvalue weighted by atomic mass is 79.9. The normalized spacial score (nSPS) is 23.0. The number of nitrogens with one attached hydrogen (secondary N) is 1. The van der Waals surface area contributed by atoms with Crippen LogP contribution in [0.15, 0.2) is 24.3 Å². The molecule has 2 rings (SSSR count). The molecule has 1 aromatic rings. The average Bonchev–Trinajstić information content (AvgIpc) is 2.76. The molecule has 1 N–H and O–H groups in total. The van der Waals surface area contributed by atoms with Crippen molar-refractivity contribution in [1.29, 1.82) is 0 Å². The largest absolute Gasteiger partial charge is 0.356 e. The minimum Gasteiger partial charge on any atom is -0.356 e. The SMILES string of the molecule is O=C(Cc1ccccc1F)NCC1CCC(Br)C1. The van der Waals surface area contributed by atoms with Gasteiger partial charge in [0.05, 0.1) is 6.42 Å². The standard InChI is InChI=1S/C14H17BrFNO/c15-12-6-5-10(7-12)9-17-14(18)8-11-3-1-2-4-13(11)16/h1-4,10,12H,5-9H2,(H,17,18). The van der Waals surface area contributed by atoms with Crippen molar-refractivity contribution >= 4 is 21.8 Å². The van der Waals surface area contributed by atoms with E-state index in [9.17, 15) is 9.18 Å². The van der Waals surface area contributed by atoms with Crippen molar-refractivity contribution in [3.63, 3.8) is 0 Å². The third-order valence-electron chi connectivity index (χ3n) is 3.37. The number of hydrogen-bond acceptors (Lipinski definition) is 1. The van der Waals surface area contributed by atoms with Gasteiger partial charge in [-0.1, -0.05) is 34.1 Å².